The Morgan fingerprint density at radius 2 is 1.36 bits per heavy atom. The fourth-order valence-electron chi connectivity index (χ4n) is 6.81. The van der Waals surface area contributed by atoms with Gasteiger partial charge in [-0.3, -0.25) is 18.7 Å². The highest BCUT2D eigenvalue weighted by Crippen LogP contribution is 2.29. The normalized spacial score (nSPS) is 11.9. The van der Waals surface area contributed by atoms with Gasteiger partial charge in [-0.1, -0.05) is 98.0 Å². The predicted molar refractivity (Wildman–Crippen MR) is 232 cm³/mol. The summed E-state index contributed by atoms with van der Waals surface area (Å²) in [7, 11) is -8.94. The van der Waals surface area contributed by atoms with Crippen molar-refractivity contribution in [2.75, 3.05) is 59.0 Å². The molecule has 0 bridgehead atoms. The van der Waals surface area contributed by atoms with Crippen molar-refractivity contribution in [2.24, 2.45) is 0 Å². The van der Waals surface area contributed by atoms with Crippen molar-refractivity contribution < 1.29 is 40.6 Å². The van der Waals surface area contributed by atoms with Crippen molar-refractivity contribution in [2.45, 2.75) is 42.9 Å². The van der Waals surface area contributed by atoms with Gasteiger partial charge < -0.3 is 29.9 Å². The van der Waals surface area contributed by atoms with E-state index in [4.69, 9.17) is 13.8 Å². The van der Waals surface area contributed by atoms with Crippen LogP contribution in [-0.4, -0.2) is 111 Å². The monoisotopic (exact) mass is 866 g/mol. The number of carbonyl (C=O) groups excluding carboxylic acids is 1. The van der Waals surface area contributed by atoms with Crippen LogP contribution in [0.15, 0.2) is 106 Å². The van der Waals surface area contributed by atoms with Crippen LogP contribution in [0.1, 0.15) is 31.4 Å². The van der Waals surface area contributed by atoms with Gasteiger partial charge in [0.05, 0.1) is 24.3 Å². The van der Waals surface area contributed by atoms with E-state index in [0.29, 0.717) is 51.3 Å². The largest absolute Gasteiger partial charge is 0.506 e. The average Bonchev–Trinajstić information content (AvgIpc) is 3.62. The molecular formula is C42H50N4O10S3. The van der Waals surface area contributed by atoms with Crippen LogP contribution in [0.5, 0.6) is 5.75 Å². The maximum absolute atomic E-state index is 13.2. The summed E-state index contributed by atoms with van der Waals surface area (Å²) in [6.45, 7) is 10.7. The van der Waals surface area contributed by atoms with Gasteiger partial charge in [0.15, 0.2) is 0 Å². The first-order chi connectivity index (χ1) is 28.2. The number of amides is 1. The Balaban J connectivity index is 0.000000305. The van der Waals surface area contributed by atoms with Gasteiger partial charge >= 0.3 is 4.87 Å². The molecule has 0 saturated heterocycles. The van der Waals surface area contributed by atoms with E-state index >= 15 is 0 Å². The molecule has 0 saturated carbocycles. The number of aromatic amines is 1. The second-order valence-electron chi connectivity index (χ2n) is 13.7. The van der Waals surface area contributed by atoms with Crippen molar-refractivity contribution in [1.82, 2.24) is 20.1 Å². The molecule has 1 heterocycles. The molecule has 0 fully saturated rings. The summed E-state index contributed by atoms with van der Waals surface area (Å²) >= 11 is 1.12. The third-order valence-corrected chi connectivity index (χ3v) is 12.7. The topological polar surface area (TPSA) is 207 Å². The van der Waals surface area contributed by atoms with E-state index in [9.17, 15) is 31.5 Å². The van der Waals surface area contributed by atoms with Crippen LogP contribution in [0.4, 0.5) is 0 Å². The Morgan fingerprint density at radius 3 is 2.02 bits per heavy atom. The molecule has 316 valence electrons. The van der Waals surface area contributed by atoms with E-state index in [0.717, 1.165) is 66.2 Å². The third-order valence-electron chi connectivity index (χ3n) is 9.96. The SMILES string of the molecule is CCN(CC)CCN(CCNCCc1ccc(O)c2[nH]c(=O)sc12)C(=O)CCOCCc1cccc2ccccc12.O=S(=O)(O)c1cccc2c(S(=O)(=O)O)cccc12. The highest BCUT2D eigenvalue weighted by molar-refractivity contribution is 7.86. The number of rotatable bonds is 19. The number of phenols is 1. The molecule has 6 aromatic rings. The number of H-pyrrole nitrogens is 1. The number of ether oxygens (including phenoxy) is 1. The molecule has 5 N–H and O–H groups in total. The summed E-state index contributed by atoms with van der Waals surface area (Å²) in [6, 6.07) is 25.7. The molecule has 1 amide bonds. The van der Waals surface area contributed by atoms with Crippen LogP contribution in [-0.2, 0) is 42.6 Å². The Morgan fingerprint density at radius 1 is 0.729 bits per heavy atom. The number of phenolic OH excluding ortho intramolecular Hbond substituents is 1. The van der Waals surface area contributed by atoms with Gasteiger partial charge in [0.2, 0.25) is 5.91 Å². The molecule has 5 aromatic carbocycles. The Kier molecular flexibility index (Phi) is 16.1. The highest BCUT2D eigenvalue weighted by Gasteiger charge is 2.19. The van der Waals surface area contributed by atoms with E-state index in [1.165, 1.54) is 40.6 Å². The molecule has 6 rings (SSSR count). The number of fused-ring (bicyclic) bond motifs is 3. The number of aromatic nitrogens is 1. The smallest absolute Gasteiger partial charge is 0.305 e. The van der Waals surface area contributed by atoms with Gasteiger partial charge in [0, 0.05) is 37.0 Å². The summed E-state index contributed by atoms with van der Waals surface area (Å²) in [4.78, 5) is 30.9. The van der Waals surface area contributed by atoms with E-state index in [1.54, 1.807) is 6.07 Å². The lowest BCUT2D eigenvalue weighted by Crippen LogP contribution is -2.42. The van der Waals surface area contributed by atoms with Crippen LogP contribution in [0.3, 0.4) is 0 Å². The molecular weight excluding hydrogens is 817 g/mol. The molecule has 1 aromatic heterocycles. The summed E-state index contributed by atoms with van der Waals surface area (Å²) in [5, 5.41) is 16.0. The van der Waals surface area contributed by atoms with Gasteiger partial charge in [0.1, 0.15) is 21.1 Å². The van der Waals surface area contributed by atoms with Crippen LogP contribution in [0.2, 0.25) is 0 Å². The number of benzene rings is 5. The maximum atomic E-state index is 13.2. The molecule has 0 aliphatic heterocycles. The van der Waals surface area contributed by atoms with Crippen molar-refractivity contribution in [3.63, 3.8) is 0 Å². The van der Waals surface area contributed by atoms with Crippen LogP contribution in [0, 0.1) is 0 Å². The lowest BCUT2D eigenvalue weighted by Gasteiger charge is -2.27. The highest BCUT2D eigenvalue weighted by atomic mass is 32.2. The summed E-state index contributed by atoms with van der Waals surface area (Å²) in [5.74, 6) is 0.205. The lowest BCUT2D eigenvalue weighted by molar-refractivity contribution is -0.132. The minimum Gasteiger partial charge on any atom is -0.506 e. The molecule has 0 radical (unpaired) electrons. The number of hydrogen-bond acceptors (Lipinski definition) is 11. The number of likely N-dealkylation sites (N-methyl/N-ethyl adjacent to an activating group) is 1. The van der Waals surface area contributed by atoms with Crippen molar-refractivity contribution in [3.05, 3.63) is 112 Å². The minimum absolute atomic E-state index is 0.0233. The van der Waals surface area contributed by atoms with Gasteiger partial charge in [0.25, 0.3) is 20.2 Å². The zero-order chi connectivity index (χ0) is 42.6. The quantitative estimate of drug-likeness (QED) is 0.0489. The summed E-state index contributed by atoms with van der Waals surface area (Å²) in [6.07, 6.45) is 1.91. The first kappa shape index (κ1) is 45.4. The third kappa shape index (κ3) is 12.4. The van der Waals surface area contributed by atoms with E-state index in [-0.39, 0.29) is 27.3 Å². The number of hydrogen-bond donors (Lipinski definition) is 5. The van der Waals surface area contributed by atoms with Crippen molar-refractivity contribution >= 4 is 69.2 Å². The Labute approximate surface area is 347 Å². The maximum Gasteiger partial charge on any atom is 0.305 e. The van der Waals surface area contributed by atoms with E-state index in [2.05, 4.69) is 71.5 Å². The zero-order valence-electron chi connectivity index (χ0n) is 33.0. The molecule has 17 heteroatoms. The molecule has 59 heavy (non-hydrogen) atoms. The molecule has 0 atom stereocenters. The Hall–Kier alpha value is -4.72. The van der Waals surface area contributed by atoms with Crippen LogP contribution < -0.4 is 10.2 Å². The average molecular weight is 867 g/mol. The first-order valence-electron chi connectivity index (χ1n) is 19.3. The number of nitrogens with zero attached hydrogens (tertiary/aromatic N) is 2. The number of nitrogens with one attached hydrogen (secondary N) is 2. The molecule has 0 spiro atoms. The molecule has 0 aliphatic carbocycles. The van der Waals surface area contributed by atoms with Crippen molar-refractivity contribution in [1.29, 1.82) is 0 Å². The molecule has 14 nitrogen and oxygen atoms in total. The van der Waals surface area contributed by atoms with Crippen molar-refractivity contribution in [3.8, 4) is 5.75 Å². The summed E-state index contributed by atoms with van der Waals surface area (Å²) < 4.78 is 69.4. The number of carbonyl (C=O) groups is 1. The van der Waals surface area contributed by atoms with E-state index < -0.39 is 30.0 Å². The Bertz CT molecular complexity index is 2570. The number of thiazole rings is 1. The molecule has 0 unspecified atom stereocenters. The predicted octanol–water partition coefficient (Wildman–Crippen LogP) is 5.73. The van der Waals surface area contributed by atoms with Gasteiger partial charge in [-0.2, -0.15) is 16.8 Å². The van der Waals surface area contributed by atoms with Crippen LogP contribution >= 0.6 is 11.3 Å². The van der Waals surface area contributed by atoms with Crippen LogP contribution in [0.25, 0.3) is 31.8 Å². The standard InChI is InChI=1S/C32H42N4O4S.C10H8O6S2/c1-3-35(4-2)20-21-36(19-18-33-17-14-26-12-13-28(37)30-31(26)41-32(39)34-30)29(38)16-23-40-22-15-25-10-7-9-24-8-5-6-11-27(24)25;11-17(12,13)9-5-1-3-7-8(9)4-2-6-10(7)18(14,15)16/h5-13,33,37H,3-4,14-23H2,1-2H3,(H,34,39);1-6H,(H,11,12,13)(H,14,15,16). The molecule has 0 aliphatic rings. The zero-order valence-corrected chi connectivity index (χ0v) is 35.4. The lowest BCUT2D eigenvalue weighted by atomic mass is 10.0. The van der Waals surface area contributed by atoms with Gasteiger partial charge in [-0.05, 0) is 72.6 Å². The fourth-order valence-corrected chi connectivity index (χ4v) is 9.12. The number of aromatic hydroxyl groups is 1. The van der Waals surface area contributed by atoms with Gasteiger partial charge in [-0.25, -0.2) is 0 Å². The second kappa shape index (κ2) is 21.0. The first-order valence-corrected chi connectivity index (χ1v) is 23.0. The van der Waals surface area contributed by atoms with Gasteiger partial charge in [-0.15, -0.1) is 0 Å². The summed E-state index contributed by atoms with van der Waals surface area (Å²) in [5.41, 5.74) is 2.79. The fraction of sp³-hybridized carbons (Fsp3) is 0.333. The minimum atomic E-state index is -4.47. The second-order valence-corrected chi connectivity index (χ2v) is 17.4. The van der Waals surface area contributed by atoms with E-state index in [1.807, 2.05) is 11.0 Å².